The maximum absolute atomic E-state index is 12.3. The highest BCUT2D eigenvalue weighted by Crippen LogP contribution is 2.25. The number of aromatic nitrogens is 1. The summed E-state index contributed by atoms with van der Waals surface area (Å²) in [4.78, 5) is 24.3. The fourth-order valence-electron chi connectivity index (χ4n) is 2.98. The van der Waals surface area contributed by atoms with Crippen LogP contribution >= 0.6 is 11.8 Å². The molecule has 0 aliphatic heterocycles. The van der Waals surface area contributed by atoms with Crippen molar-refractivity contribution in [1.82, 2.24) is 16.0 Å². The van der Waals surface area contributed by atoms with Gasteiger partial charge in [-0.1, -0.05) is 35.5 Å². The quantitative estimate of drug-likeness (QED) is 0.206. The molecule has 9 nitrogen and oxygen atoms in total. The van der Waals surface area contributed by atoms with Gasteiger partial charge in [-0.05, 0) is 38.1 Å². The molecule has 2 N–H and O–H groups in total. The number of thioether (sulfide) groups is 1. The number of nitrogens with zero attached hydrogens (tertiary/aromatic N) is 1. The number of hydrogen-bond acceptors (Lipinski definition) is 8. The summed E-state index contributed by atoms with van der Waals surface area (Å²) in [5.41, 5.74) is 6.59. The van der Waals surface area contributed by atoms with Crippen LogP contribution in [0.5, 0.6) is 5.75 Å². The van der Waals surface area contributed by atoms with E-state index in [0.29, 0.717) is 42.6 Å². The summed E-state index contributed by atoms with van der Waals surface area (Å²) < 4.78 is 22.0. The topological polar surface area (TPSA) is 112 Å². The minimum absolute atomic E-state index is 0.205. The monoisotopic (exact) mass is 499 g/mol. The van der Waals surface area contributed by atoms with Crippen LogP contribution in [0.3, 0.4) is 0 Å². The number of rotatable bonds is 13. The average Bonchev–Trinajstić information content (AvgIpc) is 3.38. The zero-order valence-corrected chi connectivity index (χ0v) is 20.5. The summed E-state index contributed by atoms with van der Waals surface area (Å²) in [6, 6.07) is 18.0. The maximum Gasteiger partial charge on any atom is 0.269 e. The summed E-state index contributed by atoms with van der Waals surface area (Å²) >= 11 is 1.42. The van der Waals surface area contributed by atoms with Crippen LogP contribution in [0.25, 0.3) is 11.3 Å². The molecule has 0 saturated heterocycles. The van der Waals surface area contributed by atoms with E-state index in [9.17, 15) is 9.59 Å². The molecule has 2 amide bonds. The zero-order chi connectivity index (χ0) is 24.9. The van der Waals surface area contributed by atoms with E-state index >= 15 is 0 Å². The minimum atomic E-state index is -0.616. The molecule has 3 aromatic rings. The molecule has 3 rings (SSSR count). The smallest absolute Gasteiger partial charge is 0.269 e. The molecule has 35 heavy (non-hydrogen) atoms. The second kappa shape index (κ2) is 14.1. The summed E-state index contributed by atoms with van der Waals surface area (Å²) in [6.07, 6.45) is -0.616. The van der Waals surface area contributed by atoms with Crippen molar-refractivity contribution in [1.29, 1.82) is 0 Å². The van der Waals surface area contributed by atoms with E-state index in [-0.39, 0.29) is 11.7 Å². The fourth-order valence-corrected chi connectivity index (χ4v) is 3.58. The molecule has 1 heterocycles. The van der Waals surface area contributed by atoms with Crippen LogP contribution in [0.4, 0.5) is 0 Å². The fraction of sp³-hybridized carbons (Fsp3) is 0.320. The third-order valence-electron chi connectivity index (χ3n) is 4.63. The molecular weight excluding hydrogens is 470 g/mol. The van der Waals surface area contributed by atoms with Gasteiger partial charge in [0.05, 0.1) is 12.4 Å². The van der Waals surface area contributed by atoms with Crippen molar-refractivity contribution in [2.75, 3.05) is 31.3 Å². The molecule has 1 aromatic heterocycles. The van der Waals surface area contributed by atoms with Crippen LogP contribution < -0.4 is 15.6 Å². The van der Waals surface area contributed by atoms with Crippen molar-refractivity contribution in [2.45, 2.75) is 20.1 Å². The van der Waals surface area contributed by atoms with Gasteiger partial charge >= 0.3 is 0 Å². The van der Waals surface area contributed by atoms with E-state index in [1.807, 2.05) is 44.2 Å². The lowest BCUT2D eigenvalue weighted by atomic mass is 10.1. The highest BCUT2D eigenvalue weighted by molar-refractivity contribution is 7.99. The van der Waals surface area contributed by atoms with Gasteiger partial charge in [-0.2, -0.15) is 0 Å². The molecule has 0 bridgehead atoms. The lowest BCUT2D eigenvalue weighted by Gasteiger charge is -2.12. The summed E-state index contributed by atoms with van der Waals surface area (Å²) in [5.74, 6) is 1.40. The van der Waals surface area contributed by atoms with Crippen molar-refractivity contribution in [3.8, 4) is 17.0 Å². The Balaban J connectivity index is 1.40. The van der Waals surface area contributed by atoms with Crippen molar-refractivity contribution in [3.05, 3.63) is 72.0 Å². The van der Waals surface area contributed by atoms with Crippen molar-refractivity contribution < 1.29 is 28.3 Å². The van der Waals surface area contributed by atoms with E-state index in [1.165, 1.54) is 11.8 Å². The van der Waals surface area contributed by atoms with Gasteiger partial charge in [-0.3, -0.25) is 20.4 Å². The SMILES string of the molecule is CCOC(OCC)c1cc(-c2ccc(C(=O)NNC(=O)CSCCOc3ccccc3)cc2)no1. The molecule has 0 atom stereocenters. The Morgan fingerprint density at radius 2 is 1.71 bits per heavy atom. The molecule has 2 aromatic carbocycles. The molecular formula is C25H29N3O6S. The molecule has 0 aliphatic carbocycles. The third-order valence-corrected chi connectivity index (χ3v) is 5.55. The molecule has 0 aliphatic rings. The summed E-state index contributed by atoms with van der Waals surface area (Å²) in [6.45, 7) is 5.18. The lowest BCUT2D eigenvalue weighted by Crippen LogP contribution is -2.42. The van der Waals surface area contributed by atoms with E-state index in [0.717, 1.165) is 11.3 Å². The average molecular weight is 500 g/mol. The zero-order valence-electron chi connectivity index (χ0n) is 19.7. The van der Waals surface area contributed by atoms with E-state index in [4.69, 9.17) is 18.7 Å². The van der Waals surface area contributed by atoms with Crippen LogP contribution in [0.1, 0.15) is 36.3 Å². The first-order chi connectivity index (χ1) is 17.1. The number of para-hydroxylation sites is 1. The molecule has 0 radical (unpaired) electrons. The largest absolute Gasteiger partial charge is 0.493 e. The Bertz CT molecular complexity index is 1050. The van der Waals surface area contributed by atoms with Crippen molar-refractivity contribution in [3.63, 3.8) is 0 Å². The van der Waals surface area contributed by atoms with Crippen LogP contribution in [0.2, 0.25) is 0 Å². The molecule has 0 saturated carbocycles. The van der Waals surface area contributed by atoms with Crippen LogP contribution in [0, 0.1) is 0 Å². The number of ether oxygens (including phenoxy) is 3. The standard InChI is InChI=1S/C25H29N3O6S/c1-3-31-25(32-4-2)22-16-21(28-34-22)18-10-12-19(13-11-18)24(30)27-26-23(29)17-35-15-14-33-20-8-6-5-7-9-20/h5-13,16,25H,3-4,14-15,17H2,1-2H3,(H,26,29)(H,27,30). The molecule has 0 fully saturated rings. The van der Waals surface area contributed by atoms with E-state index < -0.39 is 12.2 Å². The Morgan fingerprint density at radius 3 is 2.40 bits per heavy atom. The highest BCUT2D eigenvalue weighted by Gasteiger charge is 2.18. The predicted octanol–water partition coefficient (Wildman–Crippen LogP) is 3.99. The Kier molecular flexibility index (Phi) is 10.6. The Morgan fingerprint density at radius 1 is 1.00 bits per heavy atom. The summed E-state index contributed by atoms with van der Waals surface area (Å²) in [7, 11) is 0. The van der Waals surface area contributed by atoms with Gasteiger partial charge in [0.1, 0.15) is 11.4 Å². The van der Waals surface area contributed by atoms with Crippen LogP contribution in [-0.4, -0.2) is 48.3 Å². The van der Waals surface area contributed by atoms with Gasteiger partial charge < -0.3 is 18.7 Å². The van der Waals surface area contributed by atoms with Crippen molar-refractivity contribution in [2.24, 2.45) is 0 Å². The number of hydrazine groups is 1. The summed E-state index contributed by atoms with van der Waals surface area (Å²) in [5, 5.41) is 4.06. The normalized spacial score (nSPS) is 10.8. The highest BCUT2D eigenvalue weighted by atomic mass is 32.2. The van der Waals surface area contributed by atoms with Gasteiger partial charge in [0.2, 0.25) is 12.2 Å². The van der Waals surface area contributed by atoms with E-state index in [1.54, 1.807) is 30.3 Å². The second-order valence-electron chi connectivity index (χ2n) is 7.15. The third kappa shape index (κ3) is 8.43. The Labute approximate surface area is 208 Å². The Hall–Kier alpha value is -3.34. The number of amides is 2. The first-order valence-corrected chi connectivity index (χ1v) is 12.4. The van der Waals surface area contributed by atoms with E-state index in [2.05, 4.69) is 16.0 Å². The molecule has 0 unspecified atom stereocenters. The second-order valence-corrected chi connectivity index (χ2v) is 8.26. The number of nitrogens with one attached hydrogen (secondary N) is 2. The van der Waals surface area contributed by atoms with Crippen molar-refractivity contribution >= 4 is 23.6 Å². The van der Waals surface area contributed by atoms with Gasteiger partial charge in [0.25, 0.3) is 5.91 Å². The number of benzene rings is 2. The molecule has 186 valence electrons. The van der Waals surface area contributed by atoms with Gasteiger partial charge in [0.15, 0.2) is 5.76 Å². The number of hydrogen-bond donors (Lipinski definition) is 2. The van der Waals surface area contributed by atoms with Gasteiger partial charge in [-0.25, -0.2) is 0 Å². The molecule has 10 heteroatoms. The maximum atomic E-state index is 12.3. The van der Waals surface area contributed by atoms with Gasteiger partial charge in [0, 0.05) is 36.2 Å². The first kappa shape index (κ1) is 26.3. The van der Waals surface area contributed by atoms with Gasteiger partial charge in [-0.15, -0.1) is 11.8 Å². The minimum Gasteiger partial charge on any atom is -0.493 e. The molecule has 0 spiro atoms. The van der Waals surface area contributed by atoms with Crippen LogP contribution in [0.15, 0.2) is 65.2 Å². The lowest BCUT2D eigenvalue weighted by molar-refractivity contribution is -0.152. The van der Waals surface area contributed by atoms with Crippen LogP contribution in [-0.2, 0) is 14.3 Å². The first-order valence-electron chi connectivity index (χ1n) is 11.3. The predicted molar refractivity (Wildman–Crippen MR) is 133 cm³/mol. The number of carbonyl (C=O) groups excluding carboxylic acids is 2. The number of carbonyl (C=O) groups is 2.